The van der Waals surface area contributed by atoms with Gasteiger partial charge in [-0.15, -0.1) is 0 Å². The molecule has 1 rings (SSSR count). The lowest BCUT2D eigenvalue weighted by Crippen LogP contribution is -2.29. The molecule has 0 saturated carbocycles. The molecule has 0 aromatic heterocycles. The van der Waals surface area contributed by atoms with Crippen LogP contribution in [0.3, 0.4) is 0 Å². The van der Waals surface area contributed by atoms with Gasteiger partial charge in [-0.3, -0.25) is 0 Å². The molecule has 7 heteroatoms. The largest absolute Gasteiger partial charge is 0.416 e. The van der Waals surface area contributed by atoms with Crippen LogP contribution in [0.5, 0.6) is 0 Å². The summed E-state index contributed by atoms with van der Waals surface area (Å²) in [5, 5.41) is 5.88. The Morgan fingerprint density at radius 2 is 2.11 bits per heavy atom. The van der Waals surface area contributed by atoms with Gasteiger partial charge >= 0.3 is 6.18 Å². The van der Waals surface area contributed by atoms with Gasteiger partial charge in [-0.2, -0.15) is 13.2 Å². The number of alkyl halides is 3. The second-order valence-corrected chi connectivity index (χ2v) is 4.21. The van der Waals surface area contributed by atoms with Gasteiger partial charge in [0, 0.05) is 25.9 Å². The van der Waals surface area contributed by atoms with Crippen LogP contribution in [0, 0.1) is 0 Å². The highest BCUT2D eigenvalue weighted by Crippen LogP contribution is 2.30. The molecule has 3 nitrogen and oxygen atoms in total. The zero-order valence-corrected chi connectivity index (χ0v) is 11.2. The highest BCUT2D eigenvalue weighted by molar-refractivity contribution is 7.80. The molecule has 0 amide bonds. The monoisotopic (exact) mass is 292 g/mol. The lowest BCUT2D eigenvalue weighted by Gasteiger charge is -2.12. The minimum absolute atomic E-state index is 0.287. The van der Waals surface area contributed by atoms with Crippen LogP contribution in [0.15, 0.2) is 24.3 Å². The van der Waals surface area contributed by atoms with Crippen LogP contribution in [0.2, 0.25) is 0 Å². The third-order valence-electron chi connectivity index (χ3n) is 2.26. The Bertz CT molecular complexity index is 424. The Balaban J connectivity index is 2.50. The van der Waals surface area contributed by atoms with Crippen molar-refractivity contribution in [2.75, 3.05) is 25.6 Å². The highest BCUT2D eigenvalue weighted by Gasteiger charge is 2.30. The van der Waals surface area contributed by atoms with Gasteiger partial charge in [0.1, 0.15) is 0 Å². The molecule has 0 saturated heterocycles. The molecule has 0 aliphatic heterocycles. The Morgan fingerprint density at radius 1 is 1.37 bits per heavy atom. The van der Waals surface area contributed by atoms with Crippen LogP contribution in [-0.2, 0) is 10.9 Å². The summed E-state index contributed by atoms with van der Waals surface area (Å²) >= 11 is 4.98. The predicted molar refractivity (Wildman–Crippen MR) is 72.2 cm³/mol. The van der Waals surface area contributed by atoms with E-state index in [4.69, 9.17) is 17.0 Å². The van der Waals surface area contributed by atoms with Crippen molar-refractivity contribution in [3.63, 3.8) is 0 Å². The summed E-state index contributed by atoms with van der Waals surface area (Å²) in [4.78, 5) is 0. The molecule has 0 aliphatic rings. The van der Waals surface area contributed by atoms with E-state index < -0.39 is 11.7 Å². The number of anilines is 1. The average molecular weight is 292 g/mol. The topological polar surface area (TPSA) is 33.3 Å². The lowest BCUT2D eigenvalue weighted by molar-refractivity contribution is -0.137. The Labute approximate surface area is 115 Å². The first-order valence-corrected chi connectivity index (χ1v) is 6.05. The van der Waals surface area contributed by atoms with E-state index in [2.05, 4.69) is 10.6 Å². The van der Waals surface area contributed by atoms with Crippen LogP contribution in [0.4, 0.5) is 18.9 Å². The van der Waals surface area contributed by atoms with Crippen LogP contribution >= 0.6 is 12.2 Å². The summed E-state index contributed by atoms with van der Waals surface area (Å²) in [6.07, 6.45) is -3.59. The minimum Gasteiger partial charge on any atom is -0.385 e. The summed E-state index contributed by atoms with van der Waals surface area (Å²) in [6, 6.07) is 4.89. The van der Waals surface area contributed by atoms with Gasteiger partial charge in [0.2, 0.25) is 0 Å². The fourth-order valence-corrected chi connectivity index (χ4v) is 1.59. The van der Waals surface area contributed by atoms with Crippen molar-refractivity contribution in [3.8, 4) is 0 Å². The molecule has 0 bridgehead atoms. The summed E-state index contributed by atoms with van der Waals surface area (Å²) < 4.78 is 42.4. The number of hydrogen-bond acceptors (Lipinski definition) is 2. The van der Waals surface area contributed by atoms with Gasteiger partial charge in [-0.1, -0.05) is 6.07 Å². The third kappa shape index (κ3) is 5.89. The number of hydrogen-bond donors (Lipinski definition) is 2. The summed E-state index contributed by atoms with van der Waals surface area (Å²) in [7, 11) is 1.60. The standard InChI is InChI=1S/C12H15F3N2OS/c1-18-7-3-6-16-11(19)17-10-5-2-4-9(8-10)12(13,14)15/h2,4-5,8H,3,6-7H2,1H3,(H2,16,17,19). The van der Waals surface area contributed by atoms with E-state index in [-0.39, 0.29) is 5.11 Å². The van der Waals surface area contributed by atoms with Crippen molar-refractivity contribution < 1.29 is 17.9 Å². The summed E-state index contributed by atoms with van der Waals surface area (Å²) in [5.74, 6) is 0. The van der Waals surface area contributed by atoms with Gasteiger partial charge in [0.15, 0.2) is 5.11 Å². The maximum atomic E-state index is 12.5. The number of nitrogens with one attached hydrogen (secondary N) is 2. The molecule has 2 N–H and O–H groups in total. The molecule has 0 atom stereocenters. The Hall–Kier alpha value is -1.34. The van der Waals surface area contributed by atoms with Gasteiger partial charge in [-0.05, 0) is 36.8 Å². The van der Waals surface area contributed by atoms with Crippen LogP contribution in [-0.4, -0.2) is 25.4 Å². The first kappa shape index (κ1) is 15.7. The smallest absolute Gasteiger partial charge is 0.385 e. The third-order valence-corrected chi connectivity index (χ3v) is 2.50. The summed E-state index contributed by atoms with van der Waals surface area (Å²) in [5.41, 5.74) is -0.404. The maximum absolute atomic E-state index is 12.5. The zero-order chi connectivity index (χ0) is 14.3. The highest BCUT2D eigenvalue weighted by atomic mass is 32.1. The van der Waals surface area contributed by atoms with E-state index in [0.29, 0.717) is 18.8 Å². The second kappa shape index (κ2) is 7.30. The molecule has 0 fully saturated rings. The molecule has 0 heterocycles. The fraction of sp³-hybridized carbons (Fsp3) is 0.417. The van der Waals surface area contributed by atoms with Crippen LogP contribution in [0.1, 0.15) is 12.0 Å². The number of ether oxygens (including phenoxy) is 1. The molecule has 1 aromatic carbocycles. The number of methoxy groups -OCH3 is 1. The number of halogens is 3. The molecule has 0 radical (unpaired) electrons. The Morgan fingerprint density at radius 3 is 2.74 bits per heavy atom. The molecule has 0 spiro atoms. The van der Waals surface area contributed by atoms with Crippen molar-refractivity contribution in [2.24, 2.45) is 0 Å². The average Bonchev–Trinajstić information content (AvgIpc) is 2.34. The molecular weight excluding hydrogens is 277 g/mol. The van der Waals surface area contributed by atoms with Crippen molar-refractivity contribution in [1.29, 1.82) is 0 Å². The van der Waals surface area contributed by atoms with E-state index in [1.165, 1.54) is 12.1 Å². The quantitative estimate of drug-likeness (QED) is 0.645. The number of benzene rings is 1. The Kier molecular flexibility index (Phi) is 6.04. The molecule has 19 heavy (non-hydrogen) atoms. The maximum Gasteiger partial charge on any atom is 0.416 e. The molecule has 0 aliphatic carbocycles. The van der Waals surface area contributed by atoms with E-state index in [1.807, 2.05) is 0 Å². The fourth-order valence-electron chi connectivity index (χ4n) is 1.37. The first-order valence-electron chi connectivity index (χ1n) is 5.64. The molecule has 0 unspecified atom stereocenters. The molecular formula is C12H15F3N2OS. The lowest BCUT2D eigenvalue weighted by atomic mass is 10.2. The van der Waals surface area contributed by atoms with Crippen molar-refractivity contribution in [1.82, 2.24) is 5.32 Å². The van der Waals surface area contributed by atoms with Gasteiger partial charge in [0.25, 0.3) is 0 Å². The normalized spacial score (nSPS) is 11.2. The van der Waals surface area contributed by atoms with Gasteiger partial charge in [-0.25, -0.2) is 0 Å². The van der Waals surface area contributed by atoms with Crippen LogP contribution in [0.25, 0.3) is 0 Å². The minimum atomic E-state index is -4.36. The van der Waals surface area contributed by atoms with Crippen molar-refractivity contribution in [3.05, 3.63) is 29.8 Å². The zero-order valence-electron chi connectivity index (χ0n) is 10.4. The van der Waals surface area contributed by atoms with E-state index in [0.717, 1.165) is 18.6 Å². The van der Waals surface area contributed by atoms with E-state index >= 15 is 0 Å². The first-order chi connectivity index (χ1) is 8.93. The summed E-state index contributed by atoms with van der Waals surface area (Å²) in [6.45, 7) is 1.19. The van der Waals surface area contributed by atoms with Crippen molar-refractivity contribution >= 4 is 23.0 Å². The number of rotatable bonds is 5. The predicted octanol–water partition coefficient (Wildman–Crippen LogP) is 3.03. The van der Waals surface area contributed by atoms with Gasteiger partial charge < -0.3 is 15.4 Å². The van der Waals surface area contributed by atoms with E-state index in [9.17, 15) is 13.2 Å². The van der Waals surface area contributed by atoms with Crippen molar-refractivity contribution in [2.45, 2.75) is 12.6 Å². The second-order valence-electron chi connectivity index (χ2n) is 3.81. The molecule has 106 valence electrons. The van der Waals surface area contributed by atoms with Crippen LogP contribution < -0.4 is 10.6 Å². The van der Waals surface area contributed by atoms with E-state index in [1.54, 1.807) is 7.11 Å². The SMILES string of the molecule is COCCCNC(=S)Nc1cccc(C(F)(F)F)c1. The molecule has 1 aromatic rings. The number of thiocarbonyl (C=S) groups is 1. The van der Waals surface area contributed by atoms with Gasteiger partial charge in [0.05, 0.1) is 5.56 Å².